The zero-order chi connectivity index (χ0) is 7.07. The molecule has 1 aliphatic heterocycles. The normalized spacial score (nSPS) is 53.1. The average Bonchev–Trinajstić information content (AvgIpc) is 1.97. The Morgan fingerprint density at radius 1 is 1.71 bits per heavy atom. The van der Waals surface area contributed by atoms with Crippen molar-refractivity contribution >= 4 is 10.1 Å². The molecule has 0 aromatic rings. The third-order valence-electron chi connectivity index (χ3n) is 0.591. The molecule has 1 aliphatic rings. The van der Waals surface area contributed by atoms with Crippen LogP contribution >= 0.6 is 0 Å². The lowest BCUT2D eigenvalue weighted by Crippen LogP contribution is -1.96. The van der Waals surface area contributed by atoms with Gasteiger partial charge in [-0.15, -0.1) is 0 Å². The lowest BCUT2D eigenvalue weighted by Gasteiger charge is -1.83. The summed E-state index contributed by atoms with van der Waals surface area (Å²) in [7, 11) is -3.70. The van der Waals surface area contributed by atoms with Crippen molar-refractivity contribution in [1.82, 2.24) is 0 Å². The Morgan fingerprint density at radius 2 is 2.43 bits per heavy atom. The van der Waals surface area contributed by atoms with E-state index in [-0.39, 0.29) is 6.61 Å². The van der Waals surface area contributed by atoms with E-state index in [4.69, 9.17) is 2.74 Å². The fourth-order valence-electron chi connectivity index (χ4n) is 0.331. The van der Waals surface area contributed by atoms with Crippen LogP contribution in [0.4, 0.5) is 0 Å². The summed E-state index contributed by atoms with van der Waals surface area (Å²) < 4.78 is 38.8. The standard InChI is InChI=1S/C3H6O3S/c4-7(5)3-1-2-6-7/h1-3H2/i1D,3D. The predicted octanol–water partition coefficient (Wildman–Crippen LogP) is -0.263. The van der Waals surface area contributed by atoms with Crippen LogP contribution in [0.3, 0.4) is 0 Å². The Bertz CT molecular complexity index is 199. The van der Waals surface area contributed by atoms with Crippen molar-refractivity contribution in [3.8, 4) is 0 Å². The lowest BCUT2D eigenvalue weighted by molar-refractivity contribution is 0.354. The quantitative estimate of drug-likeness (QED) is 0.418. The van der Waals surface area contributed by atoms with E-state index in [2.05, 4.69) is 4.18 Å². The van der Waals surface area contributed by atoms with Crippen LogP contribution in [0.2, 0.25) is 0 Å². The molecule has 3 nitrogen and oxygen atoms in total. The van der Waals surface area contributed by atoms with E-state index in [1.807, 2.05) is 0 Å². The van der Waals surface area contributed by atoms with E-state index < -0.39 is 22.2 Å². The van der Waals surface area contributed by atoms with Crippen LogP contribution in [0.25, 0.3) is 0 Å². The summed E-state index contributed by atoms with van der Waals surface area (Å²) in [5, 5.41) is 0. The van der Waals surface area contributed by atoms with Gasteiger partial charge in [0, 0.05) is 2.74 Å². The number of rotatable bonds is 0. The average molecular weight is 124 g/mol. The van der Waals surface area contributed by atoms with Crippen LogP contribution in [0.1, 0.15) is 9.14 Å². The first-order chi connectivity index (χ1) is 4.04. The van der Waals surface area contributed by atoms with E-state index in [9.17, 15) is 8.42 Å². The minimum absolute atomic E-state index is 0.170. The molecule has 0 bridgehead atoms. The van der Waals surface area contributed by atoms with Crippen LogP contribution in [0, 0.1) is 0 Å². The molecule has 0 aliphatic carbocycles. The van der Waals surface area contributed by atoms with Gasteiger partial charge in [-0.25, -0.2) is 0 Å². The lowest BCUT2D eigenvalue weighted by atomic mass is 10.5. The highest BCUT2D eigenvalue weighted by Gasteiger charge is 2.16. The number of hydrogen-bond donors (Lipinski definition) is 0. The molecule has 4 heteroatoms. The van der Waals surface area contributed by atoms with Crippen molar-refractivity contribution in [3.05, 3.63) is 0 Å². The van der Waals surface area contributed by atoms with Gasteiger partial charge in [-0.2, -0.15) is 8.42 Å². The first-order valence-corrected chi connectivity index (χ1v) is 3.24. The zero-order valence-corrected chi connectivity index (χ0v) is 4.31. The summed E-state index contributed by atoms with van der Waals surface area (Å²) in [5.41, 5.74) is -1.41. The molecule has 0 spiro atoms. The zero-order valence-electron chi connectivity index (χ0n) is 5.49. The minimum Gasteiger partial charge on any atom is -0.270 e. The fraction of sp³-hybridized carbons (Fsp3) is 1.00. The van der Waals surface area contributed by atoms with Crippen molar-refractivity contribution in [2.75, 3.05) is 12.3 Å². The third kappa shape index (κ3) is 1.14. The molecule has 0 N–H and O–H groups in total. The van der Waals surface area contributed by atoms with Gasteiger partial charge in [0.15, 0.2) is 0 Å². The maximum Gasteiger partial charge on any atom is 0.267 e. The highest BCUT2D eigenvalue weighted by atomic mass is 32.2. The molecule has 0 aromatic carbocycles. The minimum atomic E-state index is -3.70. The van der Waals surface area contributed by atoms with Gasteiger partial charge < -0.3 is 0 Å². The molecule has 0 aromatic heterocycles. The van der Waals surface area contributed by atoms with Gasteiger partial charge in [-0.05, 0) is 6.40 Å². The summed E-state index contributed by atoms with van der Waals surface area (Å²) in [4.78, 5) is 0. The van der Waals surface area contributed by atoms with Crippen LogP contribution < -0.4 is 0 Å². The van der Waals surface area contributed by atoms with Crippen molar-refractivity contribution < 1.29 is 15.3 Å². The van der Waals surface area contributed by atoms with Crippen LogP contribution in [0.5, 0.6) is 0 Å². The van der Waals surface area contributed by atoms with Gasteiger partial charge in [-0.3, -0.25) is 4.18 Å². The maximum atomic E-state index is 10.4. The molecular formula is C3H6O3S. The molecule has 2 atom stereocenters. The molecule has 7 heavy (non-hydrogen) atoms. The summed E-state index contributed by atoms with van der Waals surface area (Å²) in [6.07, 6.45) is -0.935. The molecule has 2 unspecified atom stereocenters. The summed E-state index contributed by atoms with van der Waals surface area (Å²) in [6.45, 7) is -0.170. The Kier molecular flexibility index (Phi) is 0.630. The van der Waals surface area contributed by atoms with Crippen molar-refractivity contribution in [2.24, 2.45) is 0 Å². The van der Waals surface area contributed by atoms with E-state index in [0.29, 0.717) is 0 Å². The second kappa shape index (κ2) is 1.45. The molecule has 42 valence electrons. The highest BCUT2D eigenvalue weighted by Crippen LogP contribution is 2.04. The van der Waals surface area contributed by atoms with E-state index in [1.54, 1.807) is 0 Å². The van der Waals surface area contributed by atoms with Gasteiger partial charge in [0.25, 0.3) is 10.1 Å². The van der Waals surface area contributed by atoms with Gasteiger partial charge in [0.05, 0.1) is 12.3 Å². The first-order valence-electron chi connectivity index (χ1n) is 2.92. The van der Waals surface area contributed by atoms with Gasteiger partial charge >= 0.3 is 0 Å². The largest absolute Gasteiger partial charge is 0.270 e. The van der Waals surface area contributed by atoms with Gasteiger partial charge in [0.1, 0.15) is 0 Å². The predicted molar refractivity (Wildman–Crippen MR) is 24.4 cm³/mol. The highest BCUT2D eigenvalue weighted by molar-refractivity contribution is 7.86. The molecule has 0 radical (unpaired) electrons. The Morgan fingerprint density at radius 3 is 2.57 bits per heavy atom. The van der Waals surface area contributed by atoms with Crippen molar-refractivity contribution in [1.29, 1.82) is 0 Å². The van der Waals surface area contributed by atoms with Gasteiger partial charge in [-0.1, -0.05) is 0 Å². The van der Waals surface area contributed by atoms with Crippen molar-refractivity contribution in [3.63, 3.8) is 0 Å². The molecule has 1 fully saturated rings. The first kappa shape index (κ1) is 3.04. The Balaban J connectivity index is 2.87. The van der Waals surface area contributed by atoms with Crippen LogP contribution in [-0.4, -0.2) is 20.8 Å². The van der Waals surface area contributed by atoms with E-state index in [1.165, 1.54) is 0 Å². The summed E-state index contributed by atoms with van der Waals surface area (Å²) in [6, 6.07) is 0. The van der Waals surface area contributed by atoms with Crippen LogP contribution in [-0.2, 0) is 14.3 Å². The molecule has 1 saturated heterocycles. The summed E-state index contributed by atoms with van der Waals surface area (Å²) in [5.74, 6) is 0. The number of hydrogen-bond acceptors (Lipinski definition) is 3. The molecule has 0 saturated carbocycles. The molecule has 1 heterocycles. The SMILES string of the molecule is [2H]C1COS(=O)(=O)C1[2H]. The van der Waals surface area contributed by atoms with Gasteiger partial charge in [0.2, 0.25) is 0 Å². The van der Waals surface area contributed by atoms with E-state index in [0.717, 1.165) is 0 Å². The second-order valence-corrected chi connectivity index (χ2v) is 2.64. The third-order valence-corrected chi connectivity index (χ3v) is 1.58. The smallest absolute Gasteiger partial charge is 0.267 e. The summed E-state index contributed by atoms with van der Waals surface area (Å²) >= 11 is 0. The monoisotopic (exact) mass is 124 g/mol. The molecule has 0 amide bonds. The molecular weight excluding hydrogens is 116 g/mol. The van der Waals surface area contributed by atoms with Crippen molar-refractivity contribution in [2.45, 2.75) is 6.40 Å². The topological polar surface area (TPSA) is 43.4 Å². The second-order valence-electron chi connectivity index (χ2n) is 1.15. The fourth-order valence-corrected chi connectivity index (χ4v) is 0.992. The Labute approximate surface area is 45.2 Å². The maximum absolute atomic E-state index is 10.4. The molecule has 1 rings (SSSR count). The van der Waals surface area contributed by atoms with Crippen LogP contribution in [0.15, 0.2) is 0 Å². The van der Waals surface area contributed by atoms with E-state index >= 15 is 0 Å². The Hall–Kier alpha value is -0.0900.